The third kappa shape index (κ3) is 4.61. The predicted octanol–water partition coefficient (Wildman–Crippen LogP) is 0.167. The zero-order chi connectivity index (χ0) is 13.2. The Bertz CT molecular complexity index is 495. The molecule has 2 rings (SSSR count). The largest absolute Gasteiger partial charge is 0.407 e. The molecule has 1 aliphatic rings. The van der Waals surface area contributed by atoms with Crippen molar-refractivity contribution in [3.05, 3.63) is 5.89 Å². The van der Waals surface area contributed by atoms with Gasteiger partial charge in [-0.3, -0.25) is 0 Å². The zero-order valence-electron chi connectivity index (χ0n) is 10.5. The fourth-order valence-electron chi connectivity index (χ4n) is 1.61. The van der Waals surface area contributed by atoms with Crippen LogP contribution in [0.3, 0.4) is 0 Å². The van der Waals surface area contributed by atoms with Crippen LogP contribution in [0, 0.1) is 0 Å². The molecule has 1 saturated carbocycles. The van der Waals surface area contributed by atoms with E-state index in [0.29, 0.717) is 18.5 Å². The Morgan fingerprint density at radius 2 is 2.17 bits per heavy atom. The summed E-state index contributed by atoms with van der Waals surface area (Å²) in [6.07, 6.45) is 3.60. The van der Waals surface area contributed by atoms with Gasteiger partial charge in [0.15, 0.2) is 0 Å². The van der Waals surface area contributed by atoms with Crippen molar-refractivity contribution in [2.75, 3.05) is 17.3 Å². The molecule has 1 aliphatic carbocycles. The normalized spacial score (nSPS) is 17.7. The van der Waals surface area contributed by atoms with Gasteiger partial charge in [-0.15, -0.1) is 5.10 Å². The highest BCUT2D eigenvalue weighted by atomic mass is 32.2. The van der Waals surface area contributed by atoms with Gasteiger partial charge in [-0.05, 0) is 19.8 Å². The van der Waals surface area contributed by atoms with Crippen molar-refractivity contribution in [2.45, 2.75) is 38.4 Å². The molecule has 0 aliphatic heterocycles. The van der Waals surface area contributed by atoms with Crippen molar-refractivity contribution in [2.24, 2.45) is 0 Å². The highest BCUT2D eigenvalue weighted by Gasteiger charge is 2.21. The predicted molar refractivity (Wildman–Crippen MR) is 67.0 cm³/mol. The van der Waals surface area contributed by atoms with E-state index in [1.807, 2.05) is 0 Å². The molecule has 1 unspecified atom stereocenters. The lowest BCUT2D eigenvalue weighted by Gasteiger charge is -2.09. The molecule has 1 fully saturated rings. The van der Waals surface area contributed by atoms with Gasteiger partial charge in [0.25, 0.3) is 0 Å². The fourth-order valence-corrected chi connectivity index (χ4v) is 2.60. The van der Waals surface area contributed by atoms with Gasteiger partial charge in [-0.1, -0.05) is 5.10 Å². The van der Waals surface area contributed by atoms with Gasteiger partial charge in [-0.25, -0.2) is 8.42 Å². The minimum atomic E-state index is -3.01. The van der Waals surface area contributed by atoms with Crippen LogP contribution in [-0.2, 0) is 16.4 Å². The first-order valence-electron chi connectivity index (χ1n) is 5.92. The van der Waals surface area contributed by atoms with E-state index >= 15 is 0 Å². The zero-order valence-corrected chi connectivity index (χ0v) is 11.3. The first-order chi connectivity index (χ1) is 8.42. The monoisotopic (exact) mass is 274 g/mol. The number of aromatic nitrogens is 2. The Morgan fingerprint density at radius 3 is 2.78 bits per heavy atom. The van der Waals surface area contributed by atoms with Crippen LogP contribution in [0.2, 0.25) is 0 Å². The molecule has 7 nitrogen and oxygen atoms in total. The molecule has 0 spiro atoms. The summed E-state index contributed by atoms with van der Waals surface area (Å²) < 4.78 is 27.6. The third-order valence-electron chi connectivity index (χ3n) is 2.51. The van der Waals surface area contributed by atoms with E-state index in [4.69, 9.17) is 4.42 Å². The lowest BCUT2D eigenvalue weighted by atomic mass is 10.4. The Morgan fingerprint density at radius 1 is 1.44 bits per heavy atom. The number of nitrogens with one attached hydrogen (secondary N) is 2. The molecule has 0 saturated heterocycles. The van der Waals surface area contributed by atoms with E-state index in [9.17, 15) is 8.42 Å². The van der Waals surface area contributed by atoms with Crippen molar-refractivity contribution in [1.29, 1.82) is 0 Å². The van der Waals surface area contributed by atoms with E-state index in [1.165, 1.54) is 19.1 Å². The van der Waals surface area contributed by atoms with Crippen molar-refractivity contribution in [3.8, 4) is 0 Å². The maximum atomic E-state index is 11.1. The third-order valence-corrected chi connectivity index (χ3v) is 3.61. The highest BCUT2D eigenvalue weighted by molar-refractivity contribution is 7.90. The molecule has 0 amide bonds. The van der Waals surface area contributed by atoms with Gasteiger partial charge in [0.05, 0.1) is 12.3 Å². The summed E-state index contributed by atoms with van der Waals surface area (Å²) in [5.74, 6) is 0.543. The van der Waals surface area contributed by atoms with E-state index in [2.05, 4.69) is 20.8 Å². The SMILES string of the molecule is CC(CS(C)(=O)=O)Nc1nnc(CNC2CC2)o1. The van der Waals surface area contributed by atoms with Crippen LogP contribution in [0.1, 0.15) is 25.7 Å². The van der Waals surface area contributed by atoms with Crippen LogP contribution in [0.15, 0.2) is 4.42 Å². The van der Waals surface area contributed by atoms with Gasteiger partial charge in [0, 0.05) is 18.3 Å². The lowest BCUT2D eigenvalue weighted by Crippen LogP contribution is -2.25. The first kappa shape index (κ1) is 13.3. The van der Waals surface area contributed by atoms with Crippen LogP contribution in [0.5, 0.6) is 0 Å². The number of hydrogen-bond acceptors (Lipinski definition) is 7. The molecular weight excluding hydrogens is 256 g/mol. The molecule has 1 aromatic heterocycles. The Balaban J connectivity index is 1.81. The fraction of sp³-hybridized carbons (Fsp3) is 0.800. The molecule has 0 aromatic carbocycles. The number of nitrogens with zero attached hydrogens (tertiary/aromatic N) is 2. The van der Waals surface area contributed by atoms with Gasteiger partial charge >= 0.3 is 6.01 Å². The summed E-state index contributed by atoms with van der Waals surface area (Å²) in [6, 6.07) is 0.584. The molecule has 8 heteroatoms. The lowest BCUT2D eigenvalue weighted by molar-refractivity contribution is 0.473. The summed E-state index contributed by atoms with van der Waals surface area (Å²) in [5.41, 5.74) is 0. The van der Waals surface area contributed by atoms with Crippen LogP contribution >= 0.6 is 0 Å². The summed E-state index contributed by atoms with van der Waals surface area (Å²) in [5, 5.41) is 13.8. The average Bonchev–Trinajstić information content (AvgIpc) is 2.94. The van der Waals surface area contributed by atoms with Gasteiger partial charge in [0.1, 0.15) is 9.84 Å². The maximum absolute atomic E-state index is 11.1. The smallest absolute Gasteiger partial charge is 0.315 e. The summed E-state index contributed by atoms with van der Waals surface area (Å²) in [4.78, 5) is 0. The van der Waals surface area contributed by atoms with Crippen LogP contribution in [0.4, 0.5) is 6.01 Å². The Kier molecular flexibility index (Phi) is 3.86. The molecule has 18 heavy (non-hydrogen) atoms. The Labute approximate surface area is 106 Å². The van der Waals surface area contributed by atoms with Crippen LogP contribution in [-0.4, -0.2) is 42.7 Å². The number of anilines is 1. The van der Waals surface area contributed by atoms with Gasteiger partial charge < -0.3 is 15.1 Å². The van der Waals surface area contributed by atoms with Crippen LogP contribution in [0.25, 0.3) is 0 Å². The number of sulfone groups is 1. The number of rotatable bonds is 7. The summed E-state index contributed by atoms with van der Waals surface area (Å²) in [6.45, 7) is 2.31. The van der Waals surface area contributed by atoms with E-state index in [-0.39, 0.29) is 17.8 Å². The van der Waals surface area contributed by atoms with E-state index in [0.717, 1.165) is 0 Å². The molecule has 1 heterocycles. The van der Waals surface area contributed by atoms with Gasteiger partial charge in [0.2, 0.25) is 5.89 Å². The number of hydrogen-bond donors (Lipinski definition) is 2. The minimum absolute atomic E-state index is 0.0328. The summed E-state index contributed by atoms with van der Waals surface area (Å²) in [7, 11) is -3.01. The van der Waals surface area contributed by atoms with Gasteiger partial charge in [-0.2, -0.15) is 0 Å². The molecule has 1 aromatic rings. The van der Waals surface area contributed by atoms with Crippen molar-refractivity contribution in [3.63, 3.8) is 0 Å². The second-order valence-corrected chi connectivity index (χ2v) is 6.98. The van der Waals surface area contributed by atoms with Crippen molar-refractivity contribution in [1.82, 2.24) is 15.5 Å². The second-order valence-electron chi connectivity index (χ2n) is 4.79. The first-order valence-corrected chi connectivity index (χ1v) is 7.98. The quantitative estimate of drug-likeness (QED) is 0.731. The standard InChI is InChI=1S/C10H18N4O3S/c1-7(6-18(2,15)16)12-10-14-13-9(17-10)5-11-8-3-4-8/h7-8,11H,3-6H2,1-2H3,(H,12,14). The summed E-state index contributed by atoms with van der Waals surface area (Å²) >= 11 is 0. The highest BCUT2D eigenvalue weighted by Crippen LogP contribution is 2.19. The molecule has 1 atom stereocenters. The Hall–Kier alpha value is -1.15. The molecule has 102 valence electrons. The van der Waals surface area contributed by atoms with E-state index in [1.54, 1.807) is 6.92 Å². The van der Waals surface area contributed by atoms with Crippen LogP contribution < -0.4 is 10.6 Å². The topological polar surface area (TPSA) is 97.1 Å². The molecule has 0 radical (unpaired) electrons. The molecular formula is C10H18N4O3S. The minimum Gasteiger partial charge on any atom is -0.407 e. The second kappa shape index (κ2) is 5.23. The maximum Gasteiger partial charge on any atom is 0.315 e. The molecule has 0 bridgehead atoms. The van der Waals surface area contributed by atoms with E-state index < -0.39 is 9.84 Å². The average molecular weight is 274 g/mol. The van der Waals surface area contributed by atoms with Crippen molar-refractivity contribution < 1.29 is 12.8 Å². The van der Waals surface area contributed by atoms with Crippen molar-refractivity contribution >= 4 is 15.9 Å². The molecule has 2 N–H and O–H groups in total.